The van der Waals surface area contributed by atoms with Crippen LogP contribution in [0.2, 0.25) is 0 Å². The molecular formula is C18H27FN2O4S. The highest BCUT2D eigenvalue weighted by Crippen LogP contribution is 2.27. The number of hydrogen-bond donors (Lipinski definition) is 1. The highest BCUT2D eigenvalue weighted by Gasteiger charge is 2.33. The third kappa shape index (κ3) is 5.75. The number of carbonyl (C=O) groups excluding carboxylic acids is 1. The minimum Gasteiger partial charge on any atom is -0.385 e. The van der Waals surface area contributed by atoms with E-state index in [2.05, 4.69) is 5.32 Å². The fourth-order valence-electron chi connectivity index (χ4n) is 3.16. The number of benzene rings is 1. The Morgan fingerprint density at radius 3 is 2.50 bits per heavy atom. The fraction of sp³-hybridized carbons (Fsp3) is 0.611. The van der Waals surface area contributed by atoms with Gasteiger partial charge in [0.1, 0.15) is 5.82 Å². The van der Waals surface area contributed by atoms with E-state index in [-0.39, 0.29) is 23.4 Å². The first-order valence-corrected chi connectivity index (χ1v) is 10.4. The van der Waals surface area contributed by atoms with Crippen molar-refractivity contribution in [3.63, 3.8) is 0 Å². The fourth-order valence-corrected chi connectivity index (χ4v) is 4.80. The van der Waals surface area contributed by atoms with E-state index in [4.69, 9.17) is 4.74 Å². The minimum absolute atomic E-state index is 0.0108. The molecule has 1 fully saturated rings. The number of rotatable bonds is 9. The van der Waals surface area contributed by atoms with Gasteiger partial charge in [-0.15, -0.1) is 0 Å². The average Bonchev–Trinajstić information content (AvgIpc) is 2.64. The van der Waals surface area contributed by atoms with Crippen LogP contribution in [0.15, 0.2) is 29.2 Å². The third-order valence-electron chi connectivity index (χ3n) is 4.55. The zero-order valence-electron chi connectivity index (χ0n) is 15.1. The summed E-state index contributed by atoms with van der Waals surface area (Å²) in [5.74, 6) is -0.832. The number of sulfonamides is 1. The topological polar surface area (TPSA) is 75.7 Å². The Hall–Kier alpha value is -1.51. The maximum Gasteiger partial charge on any atom is 0.243 e. The average molecular weight is 386 g/mol. The normalized spacial score (nSPS) is 16.0. The van der Waals surface area contributed by atoms with E-state index in [1.165, 1.54) is 16.4 Å². The summed E-state index contributed by atoms with van der Waals surface area (Å²) in [6, 6.07) is 4.53. The molecule has 0 spiro atoms. The molecule has 2 rings (SSSR count). The molecule has 0 unspecified atom stereocenters. The van der Waals surface area contributed by atoms with Crippen LogP contribution in [-0.2, 0) is 19.6 Å². The molecule has 1 aromatic carbocycles. The van der Waals surface area contributed by atoms with Crippen molar-refractivity contribution in [1.82, 2.24) is 9.62 Å². The van der Waals surface area contributed by atoms with E-state index in [1.54, 1.807) is 7.11 Å². The Labute approximate surface area is 154 Å². The SMILES string of the molecule is COCCCNC(=O)CN(C1CCCCC1)S(=O)(=O)c1ccc(F)cc1. The zero-order valence-corrected chi connectivity index (χ0v) is 15.9. The van der Waals surface area contributed by atoms with Crippen molar-refractivity contribution in [2.45, 2.75) is 49.5 Å². The molecule has 26 heavy (non-hydrogen) atoms. The summed E-state index contributed by atoms with van der Waals surface area (Å²) in [6.45, 7) is 0.736. The molecule has 1 aliphatic carbocycles. The van der Waals surface area contributed by atoms with Crippen LogP contribution < -0.4 is 5.32 Å². The summed E-state index contributed by atoms with van der Waals surface area (Å²) < 4.78 is 45.5. The van der Waals surface area contributed by atoms with E-state index in [0.29, 0.717) is 19.6 Å². The number of ether oxygens (including phenoxy) is 1. The largest absolute Gasteiger partial charge is 0.385 e. The van der Waals surface area contributed by atoms with Crippen LogP contribution in [0.1, 0.15) is 38.5 Å². The lowest BCUT2D eigenvalue weighted by Crippen LogP contribution is -2.47. The van der Waals surface area contributed by atoms with Crippen molar-refractivity contribution < 1.29 is 22.3 Å². The molecule has 1 aromatic rings. The van der Waals surface area contributed by atoms with E-state index in [1.807, 2.05) is 0 Å². The van der Waals surface area contributed by atoms with Crippen LogP contribution in [0.4, 0.5) is 4.39 Å². The Balaban J connectivity index is 2.14. The predicted molar refractivity (Wildman–Crippen MR) is 96.7 cm³/mol. The summed E-state index contributed by atoms with van der Waals surface area (Å²) in [6.07, 6.45) is 5.08. The van der Waals surface area contributed by atoms with Crippen LogP contribution in [0.5, 0.6) is 0 Å². The van der Waals surface area contributed by atoms with Gasteiger partial charge in [-0.05, 0) is 43.5 Å². The van der Waals surface area contributed by atoms with E-state index >= 15 is 0 Å². The number of carbonyl (C=O) groups is 1. The van der Waals surface area contributed by atoms with Gasteiger partial charge in [0.05, 0.1) is 11.4 Å². The quantitative estimate of drug-likeness (QED) is 0.661. The lowest BCUT2D eigenvalue weighted by Gasteiger charge is -2.33. The second-order valence-electron chi connectivity index (χ2n) is 6.49. The third-order valence-corrected chi connectivity index (χ3v) is 6.46. The first-order valence-electron chi connectivity index (χ1n) is 8.98. The number of hydrogen-bond acceptors (Lipinski definition) is 4. The van der Waals surface area contributed by atoms with Crippen molar-refractivity contribution in [1.29, 1.82) is 0 Å². The van der Waals surface area contributed by atoms with Gasteiger partial charge in [-0.2, -0.15) is 4.31 Å². The molecule has 1 amide bonds. The maximum atomic E-state index is 13.2. The highest BCUT2D eigenvalue weighted by atomic mass is 32.2. The van der Waals surface area contributed by atoms with Crippen molar-refractivity contribution in [2.75, 3.05) is 26.8 Å². The van der Waals surface area contributed by atoms with Gasteiger partial charge in [-0.25, -0.2) is 12.8 Å². The zero-order chi connectivity index (χ0) is 19.0. The second kappa shape index (κ2) is 9.99. The van der Waals surface area contributed by atoms with Gasteiger partial charge in [-0.1, -0.05) is 19.3 Å². The molecule has 1 aliphatic rings. The smallest absolute Gasteiger partial charge is 0.243 e. The van der Waals surface area contributed by atoms with E-state index in [0.717, 1.165) is 44.2 Å². The van der Waals surface area contributed by atoms with Crippen LogP contribution in [0.3, 0.4) is 0 Å². The summed E-state index contributed by atoms with van der Waals surface area (Å²) in [4.78, 5) is 12.3. The standard InChI is InChI=1S/C18H27FN2O4S/c1-25-13-5-12-20-18(22)14-21(16-6-3-2-4-7-16)26(23,24)17-10-8-15(19)9-11-17/h8-11,16H,2-7,12-14H2,1H3,(H,20,22). The molecule has 8 heteroatoms. The van der Waals surface area contributed by atoms with Gasteiger partial charge in [-0.3, -0.25) is 4.79 Å². The molecule has 1 N–H and O–H groups in total. The number of amides is 1. The molecule has 0 aromatic heterocycles. The van der Waals surface area contributed by atoms with Gasteiger partial charge < -0.3 is 10.1 Å². The molecule has 0 atom stereocenters. The number of halogens is 1. The molecule has 0 aliphatic heterocycles. The molecule has 6 nitrogen and oxygen atoms in total. The van der Waals surface area contributed by atoms with E-state index in [9.17, 15) is 17.6 Å². The molecule has 1 saturated carbocycles. The Kier molecular flexibility index (Phi) is 7.99. The van der Waals surface area contributed by atoms with Crippen molar-refractivity contribution in [3.8, 4) is 0 Å². The van der Waals surface area contributed by atoms with Gasteiger partial charge >= 0.3 is 0 Å². The van der Waals surface area contributed by atoms with Gasteiger partial charge in [0, 0.05) is 26.3 Å². The number of nitrogens with one attached hydrogen (secondary N) is 1. The number of methoxy groups -OCH3 is 1. The Bertz CT molecular complexity index is 673. The highest BCUT2D eigenvalue weighted by molar-refractivity contribution is 7.89. The molecule has 0 saturated heterocycles. The van der Waals surface area contributed by atoms with Crippen molar-refractivity contribution in [2.24, 2.45) is 0 Å². The lowest BCUT2D eigenvalue weighted by molar-refractivity contribution is -0.121. The van der Waals surface area contributed by atoms with Gasteiger partial charge in [0.25, 0.3) is 0 Å². The van der Waals surface area contributed by atoms with Crippen molar-refractivity contribution in [3.05, 3.63) is 30.1 Å². The van der Waals surface area contributed by atoms with Crippen LogP contribution in [0, 0.1) is 5.82 Å². The Morgan fingerprint density at radius 1 is 1.23 bits per heavy atom. The summed E-state index contributed by atoms with van der Waals surface area (Å²) in [5, 5.41) is 2.73. The monoisotopic (exact) mass is 386 g/mol. The Morgan fingerprint density at radius 2 is 1.88 bits per heavy atom. The first kappa shape index (κ1) is 20.8. The van der Waals surface area contributed by atoms with Crippen LogP contribution >= 0.6 is 0 Å². The molecule has 0 bridgehead atoms. The molecule has 0 radical (unpaired) electrons. The predicted octanol–water partition coefficient (Wildman–Crippen LogP) is 2.30. The maximum absolute atomic E-state index is 13.2. The van der Waals surface area contributed by atoms with Gasteiger partial charge in [0.2, 0.25) is 15.9 Å². The van der Waals surface area contributed by atoms with Crippen LogP contribution in [0.25, 0.3) is 0 Å². The lowest BCUT2D eigenvalue weighted by atomic mass is 9.95. The summed E-state index contributed by atoms with van der Waals surface area (Å²) in [5.41, 5.74) is 0. The van der Waals surface area contributed by atoms with Crippen molar-refractivity contribution >= 4 is 15.9 Å². The molecule has 0 heterocycles. The summed E-state index contributed by atoms with van der Waals surface area (Å²) in [7, 11) is -2.28. The first-order chi connectivity index (χ1) is 12.4. The van der Waals surface area contributed by atoms with E-state index < -0.39 is 15.8 Å². The minimum atomic E-state index is -3.87. The molecular weight excluding hydrogens is 359 g/mol. The molecule has 146 valence electrons. The van der Waals surface area contributed by atoms with Crippen LogP contribution in [-0.4, -0.2) is 51.5 Å². The van der Waals surface area contributed by atoms with Gasteiger partial charge in [0.15, 0.2) is 0 Å². The summed E-state index contributed by atoms with van der Waals surface area (Å²) >= 11 is 0. The number of nitrogens with zero attached hydrogens (tertiary/aromatic N) is 1. The second-order valence-corrected chi connectivity index (χ2v) is 8.38.